The van der Waals surface area contributed by atoms with Crippen molar-refractivity contribution in [2.45, 2.75) is 38.5 Å². The number of fused-ring (bicyclic) bond motifs is 1. The maximum Gasteiger partial charge on any atom is 0.177 e. The molecule has 0 unspecified atom stereocenters. The molecule has 1 aliphatic rings. The summed E-state index contributed by atoms with van der Waals surface area (Å²) in [7, 11) is 0. The SMILES string of the molecule is CC(C)c1nnc2ccc(-c3cnc(C4CCNCC4)n3-c3ccc(F)cc3F)nn12. The molecular weight excluding hydrogens is 400 g/mol. The maximum absolute atomic E-state index is 14.9. The lowest BCUT2D eigenvalue weighted by Crippen LogP contribution is -2.28. The van der Waals surface area contributed by atoms with Gasteiger partial charge in [-0.3, -0.25) is 4.57 Å². The van der Waals surface area contributed by atoms with Crippen molar-refractivity contribution in [2.75, 3.05) is 13.1 Å². The monoisotopic (exact) mass is 423 g/mol. The molecule has 5 rings (SSSR count). The van der Waals surface area contributed by atoms with Crippen molar-refractivity contribution in [2.24, 2.45) is 0 Å². The van der Waals surface area contributed by atoms with Crippen molar-refractivity contribution in [1.82, 2.24) is 34.7 Å². The van der Waals surface area contributed by atoms with Crippen LogP contribution < -0.4 is 5.32 Å². The molecule has 0 radical (unpaired) electrons. The molecule has 0 atom stereocenters. The van der Waals surface area contributed by atoms with Gasteiger partial charge in [-0.1, -0.05) is 13.8 Å². The lowest BCUT2D eigenvalue weighted by Gasteiger charge is -2.24. The van der Waals surface area contributed by atoms with Crippen molar-refractivity contribution in [3.8, 4) is 17.1 Å². The molecule has 1 aliphatic heterocycles. The van der Waals surface area contributed by atoms with Gasteiger partial charge in [0.05, 0.1) is 17.6 Å². The molecule has 0 amide bonds. The largest absolute Gasteiger partial charge is 0.317 e. The summed E-state index contributed by atoms with van der Waals surface area (Å²) in [6, 6.07) is 7.29. The van der Waals surface area contributed by atoms with E-state index in [1.54, 1.807) is 15.3 Å². The van der Waals surface area contributed by atoms with Gasteiger partial charge in [0.15, 0.2) is 11.5 Å². The number of imidazole rings is 1. The molecule has 1 aromatic carbocycles. The summed E-state index contributed by atoms with van der Waals surface area (Å²) < 4.78 is 32.0. The first kappa shape index (κ1) is 19.7. The highest BCUT2D eigenvalue weighted by Crippen LogP contribution is 2.32. The number of rotatable bonds is 4. The predicted molar refractivity (Wildman–Crippen MR) is 112 cm³/mol. The van der Waals surface area contributed by atoms with Crippen molar-refractivity contribution in [3.05, 3.63) is 59.8 Å². The Morgan fingerprint density at radius 2 is 1.87 bits per heavy atom. The van der Waals surface area contributed by atoms with Crippen LogP contribution in [0.4, 0.5) is 8.78 Å². The third-order valence-corrected chi connectivity index (χ3v) is 5.71. The van der Waals surface area contributed by atoms with E-state index in [1.807, 2.05) is 26.0 Å². The molecule has 3 aromatic heterocycles. The molecular formula is C22H23F2N7. The molecule has 9 heteroatoms. The average molecular weight is 423 g/mol. The van der Waals surface area contributed by atoms with Crippen LogP contribution in [0.15, 0.2) is 36.5 Å². The summed E-state index contributed by atoms with van der Waals surface area (Å²) in [4.78, 5) is 4.68. The fourth-order valence-corrected chi connectivity index (χ4v) is 4.13. The molecule has 0 aliphatic carbocycles. The van der Waals surface area contributed by atoms with E-state index in [1.165, 1.54) is 12.1 Å². The zero-order valence-corrected chi connectivity index (χ0v) is 17.4. The molecule has 160 valence electrons. The summed E-state index contributed by atoms with van der Waals surface area (Å²) in [5.41, 5.74) is 2.16. The number of halogens is 2. The van der Waals surface area contributed by atoms with E-state index in [4.69, 9.17) is 5.10 Å². The van der Waals surface area contributed by atoms with Gasteiger partial charge in [0.25, 0.3) is 0 Å². The van der Waals surface area contributed by atoms with Crippen LogP contribution in [0.3, 0.4) is 0 Å². The lowest BCUT2D eigenvalue weighted by molar-refractivity contribution is 0.440. The standard InChI is InChI=1S/C22H23F2N7/c1-13(2)21-28-27-20-6-4-17(29-31(20)21)19-12-26-22(14-7-9-25-10-8-14)30(19)18-5-3-15(23)11-16(18)24/h3-6,11-14,25H,7-10H2,1-2H3. The van der Waals surface area contributed by atoms with Gasteiger partial charge in [0.2, 0.25) is 0 Å². The lowest BCUT2D eigenvalue weighted by atomic mass is 9.97. The van der Waals surface area contributed by atoms with E-state index in [2.05, 4.69) is 20.5 Å². The normalized spacial score (nSPS) is 15.3. The molecule has 0 spiro atoms. The molecule has 4 heterocycles. The van der Waals surface area contributed by atoms with Crippen LogP contribution in [0.25, 0.3) is 22.7 Å². The van der Waals surface area contributed by atoms with Crippen LogP contribution in [0.5, 0.6) is 0 Å². The summed E-state index contributed by atoms with van der Waals surface area (Å²) in [5, 5.41) is 16.5. The van der Waals surface area contributed by atoms with Crippen molar-refractivity contribution in [1.29, 1.82) is 0 Å². The highest BCUT2D eigenvalue weighted by molar-refractivity contribution is 5.60. The second-order valence-corrected chi connectivity index (χ2v) is 8.16. The van der Waals surface area contributed by atoms with Crippen LogP contribution in [0.2, 0.25) is 0 Å². The number of piperidine rings is 1. The van der Waals surface area contributed by atoms with Gasteiger partial charge in [-0.2, -0.15) is 9.61 Å². The number of nitrogens with one attached hydrogen (secondary N) is 1. The molecule has 4 aromatic rings. The Bertz CT molecular complexity index is 1240. The Morgan fingerprint density at radius 3 is 2.61 bits per heavy atom. The molecule has 0 saturated carbocycles. The van der Waals surface area contributed by atoms with Crippen molar-refractivity contribution >= 4 is 5.65 Å². The Balaban J connectivity index is 1.71. The van der Waals surface area contributed by atoms with Gasteiger partial charge in [-0.05, 0) is 50.2 Å². The van der Waals surface area contributed by atoms with Gasteiger partial charge in [0.1, 0.15) is 23.2 Å². The van der Waals surface area contributed by atoms with Gasteiger partial charge in [-0.15, -0.1) is 10.2 Å². The quantitative estimate of drug-likeness (QED) is 0.540. The first-order chi connectivity index (χ1) is 15.0. The topological polar surface area (TPSA) is 72.9 Å². The van der Waals surface area contributed by atoms with Crippen LogP contribution in [-0.2, 0) is 0 Å². The molecule has 1 fully saturated rings. The third kappa shape index (κ3) is 3.48. The first-order valence-electron chi connectivity index (χ1n) is 10.5. The van der Waals surface area contributed by atoms with Crippen molar-refractivity contribution < 1.29 is 8.78 Å². The van der Waals surface area contributed by atoms with E-state index >= 15 is 0 Å². The van der Waals surface area contributed by atoms with E-state index in [9.17, 15) is 8.78 Å². The average Bonchev–Trinajstić information content (AvgIpc) is 3.38. The smallest absolute Gasteiger partial charge is 0.177 e. The second-order valence-electron chi connectivity index (χ2n) is 8.16. The summed E-state index contributed by atoms with van der Waals surface area (Å²) in [6.45, 7) is 5.80. The molecule has 1 saturated heterocycles. The molecule has 7 nitrogen and oxygen atoms in total. The van der Waals surface area contributed by atoms with Gasteiger partial charge < -0.3 is 5.32 Å². The minimum absolute atomic E-state index is 0.141. The maximum atomic E-state index is 14.9. The predicted octanol–water partition coefficient (Wildman–Crippen LogP) is 3.85. The van der Waals surface area contributed by atoms with Crippen LogP contribution in [0.1, 0.15) is 50.2 Å². The summed E-state index contributed by atoms with van der Waals surface area (Å²) >= 11 is 0. The minimum Gasteiger partial charge on any atom is -0.317 e. The highest BCUT2D eigenvalue weighted by Gasteiger charge is 2.25. The van der Waals surface area contributed by atoms with Gasteiger partial charge in [-0.25, -0.2) is 13.8 Å². The zero-order valence-electron chi connectivity index (χ0n) is 17.4. The Hall–Kier alpha value is -3.20. The second kappa shape index (κ2) is 7.81. The Morgan fingerprint density at radius 1 is 1.06 bits per heavy atom. The fourth-order valence-electron chi connectivity index (χ4n) is 4.13. The molecule has 0 bridgehead atoms. The Labute approximate surface area is 178 Å². The molecule has 31 heavy (non-hydrogen) atoms. The van der Waals surface area contributed by atoms with Crippen LogP contribution >= 0.6 is 0 Å². The van der Waals surface area contributed by atoms with Crippen molar-refractivity contribution in [3.63, 3.8) is 0 Å². The first-order valence-corrected chi connectivity index (χ1v) is 10.5. The molecule has 1 N–H and O–H groups in total. The van der Waals surface area contributed by atoms with Crippen LogP contribution in [0, 0.1) is 11.6 Å². The number of hydrogen-bond donors (Lipinski definition) is 1. The third-order valence-electron chi connectivity index (χ3n) is 5.71. The van der Waals surface area contributed by atoms with E-state index in [0.717, 1.165) is 43.6 Å². The zero-order chi connectivity index (χ0) is 21.5. The Kier molecular flexibility index (Phi) is 4.97. The fraction of sp³-hybridized carbons (Fsp3) is 0.364. The summed E-state index contributed by atoms with van der Waals surface area (Å²) in [5.74, 6) is 0.567. The van der Waals surface area contributed by atoms with Crippen LogP contribution in [-0.4, -0.2) is 42.5 Å². The van der Waals surface area contributed by atoms with E-state index in [-0.39, 0.29) is 17.5 Å². The number of aromatic nitrogens is 6. The van der Waals surface area contributed by atoms with Gasteiger partial charge >= 0.3 is 0 Å². The van der Waals surface area contributed by atoms with E-state index < -0.39 is 11.6 Å². The van der Waals surface area contributed by atoms with Gasteiger partial charge in [0, 0.05) is 17.9 Å². The number of benzene rings is 1. The number of hydrogen-bond acceptors (Lipinski definition) is 5. The summed E-state index contributed by atoms with van der Waals surface area (Å²) in [6.07, 6.45) is 3.51. The minimum atomic E-state index is -0.636. The van der Waals surface area contributed by atoms with E-state index in [0.29, 0.717) is 17.0 Å². The highest BCUT2D eigenvalue weighted by atomic mass is 19.1. The number of nitrogens with zero attached hydrogens (tertiary/aromatic N) is 6.